The summed E-state index contributed by atoms with van der Waals surface area (Å²) in [6, 6.07) is 0. The molecule has 1 aliphatic carbocycles. The molecule has 5 heteroatoms. The van der Waals surface area contributed by atoms with Crippen molar-refractivity contribution < 1.29 is 4.79 Å². The van der Waals surface area contributed by atoms with Gasteiger partial charge in [0.05, 0.1) is 14.9 Å². The monoisotopic (exact) mass is 314 g/mol. The molecule has 1 N–H and O–H groups in total. The highest BCUT2D eigenvalue weighted by Crippen LogP contribution is 2.50. The van der Waals surface area contributed by atoms with Gasteiger partial charge in [0.15, 0.2) is 0 Å². The number of hydrogen-bond donors (Lipinski definition) is 1. The van der Waals surface area contributed by atoms with Crippen LogP contribution >= 0.6 is 27.5 Å². The molecule has 2 heterocycles. The highest BCUT2D eigenvalue weighted by atomic mass is 79.9. The molecule has 0 radical (unpaired) electrons. The minimum Gasteiger partial charge on any atom is -0.310 e. The Bertz CT molecular complexity index is 498. The van der Waals surface area contributed by atoms with Crippen LogP contribution < -0.4 is 5.32 Å². The number of halogens is 2. The van der Waals surface area contributed by atoms with E-state index >= 15 is 0 Å². The largest absolute Gasteiger partial charge is 0.310 e. The van der Waals surface area contributed by atoms with Crippen LogP contribution in [0.25, 0.3) is 0 Å². The molecule has 0 aromatic carbocycles. The molecule has 3 rings (SSSR count). The molecule has 1 aromatic rings. The molecular formula is C12H12BrClN2O. The van der Waals surface area contributed by atoms with Crippen LogP contribution in [0.3, 0.4) is 0 Å². The second-order valence-corrected chi connectivity index (χ2v) is 5.97. The quantitative estimate of drug-likeness (QED) is 0.794. The van der Waals surface area contributed by atoms with Gasteiger partial charge in [0.2, 0.25) is 5.91 Å². The SMILES string of the molecule is O=C1Nc2ncc(Br)c(Cl)c2C12CCCCC2. The van der Waals surface area contributed by atoms with Crippen LogP contribution in [0.2, 0.25) is 5.02 Å². The zero-order valence-electron chi connectivity index (χ0n) is 9.22. The highest BCUT2D eigenvalue weighted by Gasteiger charge is 2.49. The lowest BCUT2D eigenvalue weighted by Crippen LogP contribution is -2.36. The third-order valence-corrected chi connectivity index (χ3v) is 5.05. The van der Waals surface area contributed by atoms with Gasteiger partial charge in [-0.3, -0.25) is 4.79 Å². The molecule has 2 aliphatic rings. The number of anilines is 1. The number of nitrogens with zero attached hydrogens (tertiary/aromatic N) is 1. The average molecular weight is 316 g/mol. The summed E-state index contributed by atoms with van der Waals surface area (Å²) < 4.78 is 0.763. The Balaban J connectivity index is 2.20. The van der Waals surface area contributed by atoms with E-state index in [1.165, 1.54) is 6.42 Å². The Morgan fingerprint density at radius 2 is 2.06 bits per heavy atom. The zero-order chi connectivity index (χ0) is 12.0. The minimum absolute atomic E-state index is 0.0692. The Morgan fingerprint density at radius 3 is 2.76 bits per heavy atom. The van der Waals surface area contributed by atoms with Gasteiger partial charge >= 0.3 is 0 Å². The van der Waals surface area contributed by atoms with Gasteiger partial charge in [-0.1, -0.05) is 30.9 Å². The summed E-state index contributed by atoms with van der Waals surface area (Å²) in [7, 11) is 0. The van der Waals surface area contributed by atoms with Crippen molar-refractivity contribution >= 4 is 39.3 Å². The van der Waals surface area contributed by atoms with Crippen molar-refractivity contribution in [3.63, 3.8) is 0 Å². The van der Waals surface area contributed by atoms with Crippen molar-refractivity contribution in [2.24, 2.45) is 0 Å². The number of pyridine rings is 1. The van der Waals surface area contributed by atoms with E-state index in [4.69, 9.17) is 11.6 Å². The maximum Gasteiger partial charge on any atom is 0.236 e. The lowest BCUT2D eigenvalue weighted by atomic mass is 9.70. The van der Waals surface area contributed by atoms with E-state index in [1.54, 1.807) is 6.20 Å². The van der Waals surface area contributed by atoms with Gasteiger partial charge in [-0.2, -0.15) is 0 Å². The van der Waals surface area contributed by atoms with Crippen LogP contribution in [0.15, 0.2) is 10.7 Å². The van der Waals surface area contributed by atoms with Crippen LogP contribution in [-0.2, 0) is 10.2 Å². The molecule has 0 unspecified atom stereocenters. The summed E-state index contributed by atoms with van der Waals surface area (Å²) >= 11 is 9.73. The Morgan fingerprint density at radius 1 is 1.35 bits per heavy atom. The van der Waals surface area contributed by atoms with Crippen molar-refractivity contribution in [3.8, 4) is 0 Å². The molecule has 1 amide bonds. The molecule has 0 bridgehead atoms. The summed E-state index contributed by atoms with van der Waals surface area (Å²) in [5.74, 6) is 0.713. The first-order valence-electron chi connectivity index (χ1n) is 5.81. The number of aromatic nitrogens is 1. The van der Waals surface area contributed by atoms with Gasteiger partial charge in [-0.05, 0) is 28.8 Å². The van der Waals surface area contributed by atoms with Gasteiger partial charge < -0.3 is 5.32 Å². The van der Waals surface area contributed by atoms with Crippen molar-refractivity contribution in [2.45, 2.75) is 37.5 Å². The van der Waals surface area contributed by atoms with Crippen molar-refractivity contribution in [3.05, 3.63) is 21.3 Å². The first-order chi connectivity index (χ1) is 8.15. The molecule has 0 saturated heterocycles. The van der Waals surface area contributed by atoms with E-state index in [9.17, 15) is 4.79 Å². The van der Waals surface area contributed by atoms with Gasteiger partial charge in [-0.25, -0.2) is 4.98 Å². The van der Waals surface area contributed by atoms with Crippen molar-refractivity contribution in [1.29, 1.82) is 0 Å². The summed E-state index contributed by atoms with van der Waals surface area (Å²) in [5, 5.41) is 3.51. The fourth-order valence-corrected chi connectivity index (χ4v) is 3.59. The lowest BCUT2D eigenvalue weighted by Gasteiger charge is -2.31. The molecule has 90 valence electrons. The zero-order valence-corrected chi connectivity index (χ0v) is 11.6. The topological polar surface area (TPSA) is 42.0 Å². The fourth-order valence-electron chi connectivity index (χ4n) is 2.97. The molecule has 0 atom stereocenters. The summed E-state index contributed by atoms with van der Waals surface area (Å²) in [5.41, 5.74) is 0.472. The Kier molecular flexibility index (Phi) is 2.67. The maximum absolute atomic E-state index is 12.2. The fraction of sp³-hybridized carbons (Fsp3) is 0.500. The molecule has 3 nitrogen and oxygen atoms in total. The summed E-state index contributed by atoms with van der Waals surface area (Å²) in [6.45, 7) is 0. The smallest absolute Gasteiger partial charge is 0.236 e. The van der Waals surface area contributed by atoms with Crippen LogP contribution in [0.1, 0.15) is 37.7 Å². The van der Waals surface area contributed by atoms with Gasteiger partial charge in [0.25, 0.3) is 0 Å². The first kappa shape index (κ1) is 11.5. The standard InChI is InChI=1S/C12H12BrClN2O/c13-7-6-15-10-8(9(7)14)12(11(17)16-10)4-2-1-3-5-12/h6H,1-5H2,(H,15,16,17). The van der Waals surface area contributed by atoms with Crippen LogP contribution in [0.4, 0.5) is 5.82 Å². The maximum atomic E-state index is 12.2. The number of amides is 1. The third-order valence-electron chi connectivity index (χ3n) is 3.83. The van der Waals surface area contributed by atoms with E-state index < -0.39 is 5.41 Å². The van der Waals surface area contributed by atoms with Crippen molar-refractivity contribution in [1.82, 2.24) is 4.98 Å². The minimum atomic E-state index is -0.429. The molecule has 1 aromatic heterocycles. The van der Waals surface area contributed by atoms with Crippen LogP contribution in [-0.4, -0.2) is 10.9 Å². The van der Waals surface area contributed by atoms with E-state index in [-0.39, 0.29) is 5.91 Å². The molecule has 1 aliphatic heterocycles. The first-order valence-corrected chi connectivity index (χ1v) is 6.98. The normalized spacial score (nSPS) is 21.4. The second kappa shape index (κ2) is 3.95. The van der Waals surface area contributed by atoms with E-state index in [2.05, 4.69) is 26.2 Å². The number of hydrogen-bond acceptors (Lipinski definition) is 2. The highest BCUT2D eigenvalue weighted by molar-refractivity contribution is 9.10. The van der Waals surface area contributed by atoms with Crippen molar-refractivity contribution in [2.75, 3.05) is 5.32 Å². The predicted octanol–water partition coefficient (Wildman–Crippen LogP) is 3.65. The van der Waals surface area contributed by atoms with Gasteiger partial charge in [0, 0.05) is 11.8 Å². The third kappa shape index (κ3) is 1.54. The number of carbonyl (C=O) groups excluding carboxylic acids is 1. The van der Waals surface area contributed by atoms with Crippen LogP contribution in [0.5, 0.6) is 0 Å². The number of fused-ring (bicyclic) bond motifs is 2. The van der Waals surface area contributed by atoms with E-state index in [0.717, 1.165) is 35.7 Å². The molecule has 17 heavy (non-hydrogen) atoms. The van der Waals surface area contributed by atoms with Gasteiger partial charge in [0.1, 0.15) is 5.82 Å². The molecule has 1 saturated carbocycles. The number of nitrogens with one attached hydrogen (secondary N) is 1. The van der Waals surface area contributed by atoms with E-state index in [0.29, 0.717) is 10.8 Å². The lowest BCUT2D eigenvalue weighted by molar-refractivity contribution is -0.121. The Labute approximate surface area is 113 Å². The second-order valence-electron chi connectivity index (χ2n) is 4.74. The van der Waals surface area contributed by atoms with Crippen LogP contribution in [0, 0.1) is 0 Å². The number of rotatable bonds is 0. The van der Waals surface area contributed by atoms with E-state index in [1.807, 2.05) is 0 Å². The Hall–Kier alpha value is -0.610. The molecule has 1 fully saturated rings. The number of carbonyl (C=O) groups is 1. The molecule has 1 spiro atoms. The average Bonchev–Trinajstić information content (AvgIpc) is 2.60. The molecular weight excluding hydrogens is 304 g/mol. The summed E-state index contributed by atoms with van der Waals surface area (Å²) in [4.78, 5) is 16.5. The van der Waals surface area contributed by atoms with Gasteiger partial charge in [-0.15, -0.1) is 0 Å². The predicted molar refractivity (Wildman–Crippen MR) is 70.3 cm³/mol. The summed E-state index contributed by atoms with van der Waals surface area (Å²) in [6.07, 6.45) is 6.76.